The molecule has 0 aliphatic heterocycles. The zero-order chi connectivity index (χ0) is 40.9. The van der Waals surface area contributed by atoms with Gasteiger partial charge in [0.2, 0.25) is 0 Å². The van der Waals surface area contributed by atoms with Crippen molar-refractivity contribution in [3.63, 3.8) is 0 Å². The number of carbonyl (C=O) groups is 2. The minimum absolute atomic E-state index is 0.144. The predicted molar refractivity (Wildman–Crippen MR) is 226 cm³/mol. The summed E-state index contributed by atoms with van der Waals surface area (Å²) in [5, 5.41) is 0. The lowest BCUT2D eigenvalue weighted by molar-refractivity contribution is -0.136. The van der Waals surface area contributed by atoms with Crippen molar-refractivity contribution in [2.75, 3.05) is 13.2 Å². The van der Waals surface area contributed by atoms with Gasteiger partial charge < -0.3 is 18.9 Å². The molecule has 0 radical (unpaired) electrons. The van der Waals surface area contributed by atoms with Gasteiger partial charge >= 0.3 is 0 Å². The van der Waals surface area contributed by atoms with Crippen molar-refractivity contribution in [2.24, 2.45) is 0 Å². The van der Waals surface area contributed by atoms with E-state index in [9.17, 15) is 9.59 Å². The second-order valence-electron chi connectivity index (χ2n) is 17.3. The summed E-state index contributed by atoms with van der Waals surface area (Å²) in [5.41, 5.74) is 4.17. The molecular formula is C50H60O6. The van der Waals surface area contributed by atoms with Gasteiger partial charge in [0.1, 0.15) is 33.9 Å². The third kappa shape index (κ3) is 9.59. The molecule has 5 rings (SSSR count). The lowest BCUT2D eigenvalue weighted by Crippen LogP contribution is -2.37. The summed E-state index contributed by atoms with van der Waals surface area (Å²) in [6.07, 6.45) is 4.68. The Morgan fingerprint density at radius 1 is 0.661 bits per heavy atom. The molecule has 1 aliphatic rings. The van der Waals surface area contributed by atoms with Gasteiger partial charge in [-0.15, -0.1) is 0 Å². The van der Waals surface area contributed by atoms with E-state index in [-0.39, 0.29) is 17.5 Å². The van der Waals surface area contributed by atoms with E-state index in [0.717, 1.165) is 17.9 Å². The molecule has 6 nitrogen and oxygen atoms in total. The Morgan fingerprint density at radius 2 is 1.11 bits per heavy atom. The smallest absolute Gasteiger partial charge is 0.186 e. The summed E-state index contributed by atoms with van der Waals surface area (Å²) in [7, 11) is 0. The monoisotopic (exact) mass is 756 g/mol. The van der Waals surface area contributed by atoms with Gasteiger partial charge in [0.05, 0.1) is 13.2 Å². The Hall–Kier alpha value is -4.78. The number of ether oxygens (including phenoxy) is 4. The molecule has 296 valence electrons. The summed E-state index contributed by atoms with van der Waals surface area (Å²) >= 11 is 0. The summed E-state index contributed by atoms with van der Waals surface area (Å²) < 4.78 is 24.9. The molecule has 1 aliphatic carbocycles. The van der Waals surface area contributed by atoms with E-state index in [1.807, 2.05) is 27.7 Å². The average molecular weight is 757 g/mol. The molecule has 56 heavy (non-hydrogen) atoms. The number of rotatable bonds is 19. The Balaban J connectivity index is 1.45. The van der Waals surface area contributed by atoms with Crippen molar-refractivity contribution in [1.29, 1.82) is 0 Å². The maximum Gasteiger partial charge on any atom is 0.186 e. The van der Waals surface area contributed by atoms with E-state index in [1.54, 1.807) is 27.7 Å². The Labute approximate surface area is 334 Å². The molecule has 1 atom stereocenters. The average Bonchev–Trinajstić information content (AvgIpc) is 3.49. The van der Waals surface area contributed by atoms with Crippen LogP contribution in [-0.2, 0) is 24.5 Å². The molecule has 0 amide bonds. The SMILES string of the molecule is C=CC(=O)C(C)(C)OCCC(C)(C)Oc1ccc(C2(c3ccc(OC(C)(C)CCOC(C)(C)C(=O)C=C)cc3)CC(c3ccccc3)c3cc(C)ccc32)cc1. The van der Waals surface area contributed by atoms with E-state index in [2.05, 4.69) is 117 Å². The van der Waals surface area contributed by atoms with Gasteiger partial charge in [0, 0.05) is 24.2 Å². The highest BCUT2D eigenvalue weighted by Crippen LogP contribution is 2.56. The van der Waals surface area contributed by atoms with Crippen molar-refractivity contribution in [3.05, 3.63) is 156 Å². The first-order chi connectivity index (χ1) is 26.3. The highest BCUT2D eigenvalue weighted by molar-refractivity contribution is 5.96. The van der Waals surface area contributed by atoms with Crippen LogP contribution in [0.25, 0.3) is 0 Å². The Bertz CT molecular complexity index is 1910. The van der Waals surface area contributed by atoms with E-state index in [4.69, 9.17) is 18.9 Å². The second-order valence-corrected chi connectivity index (χ2v) is 17.3. The standard InChI is InChI=1S/C50H60O6/c1-12-44(51)48(8,9)53-31-29-46(4,5)55-39-24-20-37(21-25-39)50(34-42(36-17-15-14-16-18-36)41-33-35(3)19-28-43(41)50)38-22-26-40(27-23-38)56-47(6,7)30-32-54-49(10,11)45(52)13-2/h12-28,33,42H,1-2,29-32,34H2,3-11H3. The molecule has 0 bridgehead atoms. The van der Waals surface area contributed by atoms with E-state index < -0.39 is 27.8 Å². The fourth-order valence-electron chi connectivity index (χ4n) is 7.67. The summed E-state index contributed by atoms with van der Waals surface area (Å²) in [6.45, 7) is 25.3. The highest BCUT2D eigenvalue weighted by Gasteiger charge is 2.47. The van der Waals surface area contributed by atoms with Gasteiger partial charge in [0.25, 0.3) is 0 Å². The number of hydrogen-bond donors (Lipinski definition) is 0. The van der Waals surface area contributed by atoms with Gasteiger partial charge in [-0.2, -0.15) is 0 Å². The van der Waals surface area contributed by atoms with E-state index >= 15 is 0 Å². The van der Waals surface area contributed by atoms with Crippen LogP contribution in [0, 0.1) is 6.92 Å². The van der Waals surface area contributed by atoms with Crippen LogP contribution in [0.5, 0.6) is 11.5 Å². The quantitative estimate of drug-likeness (QED) is 0.0887. The summed E-state index contributed by atoms with van der Waals surface area (Å²) in [5.74, 6) is 1.45. The van der Waals surface area contributed by atoms with Crippen molar-refractivity contribution < 1.29 is 28.5 Å². The normalized spacial score (nSPS) is 15.5. The van der Waals surface area contributed by atoms with Gasteiger partial charge in [0.15, 0.2) is 11.6 Å². The predicted octanol–water partition coefficient (Wildman–Crippen LogP) is 11.1. The van der Waals surface area contributed by atoms with Crippen molar-refractivity contribution in [2.45, 2.75) is 115 Å². The van der Waals surface area contributed by atoms with Crippen molar-refractivity contribution in [1.82, 2.24) is 0 Å². The number of benzene rings is 4. The minimum atomic E-state index is -0.928. The summed E-state index contributed by atoms with van der Waals surface area (Å²) in [6, 6.07) is 34.8. The first-order valence-electron chi connectivity index (χ1n) is 19.7. The topological polar surface area (TPSA) is 71.1 Å². The molecule has 0 aromatic heterocycles. The van der Waals surface area contributed by atoms with Gasteiger partial charge in [-0.1, -0.05) is 91.5 Å². The second kappa shape index (κ2) is 16.8. The minimum Gasteiger partial charge on any atom is -0.488 e. The molecule has 6 heteroatoms. The number of carbonyl (C=O) groups excluding carboxylic acids is 2. The highest BCUT2D eigenvalue weighted by atomic mass is 16.5. The van der Waals surface area contributed by atoms with E-state index in [0.29, 0.717) is 26.1 Å². The molecular weight excluding hydrogens is 697 g/mol. The van der Waals surface area contributed by atoms with Gasteiger partial charge in [-0.3, -0.25) is 9.59 Å². The van der Waals surface area contributed by atoms with Crippen molar-refractivity contribution in [3.8, 4) is 11.5 Å². The van der Waals surface area contributed by atoms with Crippen LogP contribution in [0.2, 0.25) is 0 Å². The van der Waals surface area contributed by atoms with Gasteiger partial charge in [-0.25, -0.2) is 0 Å². The molecule has 1 unspecified atom stereocenters. The number of hydrogen-bond acceptors (Lipinski definition) is 6. The zero-order valence-corrected chi connectivity index (χ0v) is 34.9. The fraction of sp³-hybridized carbons (Fsp3) is 0.400. The Kier molecular flexibility index (Phi) is 12.7. The molecule has 0 spiro atoms. The number of fused-ring (bicyclic) bond motifs is 1. The number of ketones is 2. The van der Waals surface area contributed by atoms with Crippen LogP contribution >= 0.6 is 0 Å². The zero-order valence-electron chi connectivity index (χ0n) is 34.9. The van der Waals surface area contributed by atoms with Crippen LogP contribution < -0.4 is 9.47 Å². The number of aryl methyl sites for hydroxylation is 1. The van der Waals surface area contributed by atoms with E-state index in [1.165, 1.54) is 45.5 Å². The maximum absolute atomic E-state index is 12.2. The Morgan fingerprint density at radius 3 is 1.54 bits per heavy atom. The van der Waals surface area contributed by atoms with Crippen LogP contribution in [0.15, 0.2) is 122 Å². The van der Waals surface area contributed by atoms with Crippen LogP contribution in [-0.4, -0.2) is 47.2 Å². The first kappa shape index (κ1) is 42.4. The largest absolute Gasteiger partial charge is 0.488 e. The van der Waals surface area contributed by atoms with Crippen LogP contribution in [0.4, 0.5) is 0 Å². The maximum atomic E-state index is 12.2. The molecule has 0 saturated carbocycles. The molecule has 0 saturated heterocycles. The lowest BCUT2D eigenvalue weighted by atomic mass is 9.69. The summed E-state index contributed by atoms with van der Waals surface area (Å²) in [4.78, 5) is 24.4. The molecule has 4 aromatic rings. The van der Waals surface area contributed by atoms with Crippen molar-refractivity contribution >= 4 is 11.6 Å². The molecule has 4 aromatic carbocycles. The van der Waals surface area contributed by atoms with Gasteiger partial charge in [-0.05, 0) is 133 Å². The molecule has 0 heterocycles. The third-order valence-electron chi connectivity index (χ3n) is 11.1. The lowest BCUT2D eigenvalue weighted by Gasteiger charge is -2.34. The van der Waals surface area contributed by atoms with Crippen LogP contribution in [0.3, 0.4) is 0 Å². The fourth-order valence-corrected chi connectivity index (χ4v) is 7.67. The van der Waals surface area contributed by atoms with Crippen LogP contribution in [0.1, 0.15) is 114 Å². The third-order valence-corrected chi connectivity index (χ3v) is 11.1. The molecule has 0 fully saturated rings. The molecule has 0 N–H and O–H groups in total. The first-order valence-corrected chi connectivity index (χ1v) is 19.7.